The zero-order valence-corrected chi connectivity index (χ0v) is 19.6. The fourth-order valence-electron chi connectivity index (χ4n) is 2.99. The van der Waals surface area contributed by atoms with Crippen LogP contribution < -0.4 is 9.47 Å². The van der Waals surface area contributed by atoms with E-state index in [1.54, 1.807) is 21.3 Å². The Kier molecular flexibility index (Phi) is 7.91. The van der Waals surface area contributed by atoms with Crippen LogP contribution in [0.15, 0.2) is 27.9 Å². The lowest BCUT2D eigenvalue weighted by Crippen LogP contribution is -2.06. The summed E-state index contributed by atoms with van der Waals surface area (Å²) >= 11 is 1.54. The number of methoxy groups -OCH3 is 3. The van der Waals surface area contributed by atoms with E-state index in [0.717, 1.165) is 23.0 Å². The highest BCUT2D eigenvalue weighted by molar-refractivity contribution is 7.99. The molecule has 9 nitrogen and oxygen atoms in total. The molecule has 0 N–H and O–H groups in total. The predicted octanol–water partition coefficient (Wildman–Crippen LogP) is 4.36. The van der Waals surface area contributed by atoms with E-state index < -0.39 is 0 Å². The second-order valence-corrected chi connectivity index (χ2v) is 8.59. The number of thioether (sulfide) groups is 1. The summed E-state index contributed by atoms with van der Waals surface area (Å²) in [5, 5.41) is 13.7. The lowest BCUT2D eigenvalue weighted by Gasteiger charge is -2.13. The van der Waals surface area contributed by atoms with Crippen LogP contribution in [-0.4, -0.2) is 52.8 Å². The Morgan fingerprint density at radius 2 is 1.84 bits per heavy atom. The van der Waals surface area contributed by atoms with E-state index in [4.69, 9.17) is 18.7 Å². The summed E-state index contributed by atoms with van der Waals surface area (Å²) in [6.07, 6.45) is 0.828. The van der Waals surface area contributed by atoms with E-state index in [2.05, 4.69) is 24.9 Å². The normalized spacial score (nSPS) is 12.4. The van der Waals surface area contributed by atoms with Crippen molar-refractivity contribution in [3.05, 3.63) is 29.9 Å². The van der Waals surface area contributed by atoms with E-state index >= 15 is 0 Å². The molecule has 0 radical (unpaired) electrons. The van der Waals surface area contributed by atoms with Gasteiger partial charge in [0.25, 0.3) is 0 Å². The van der Waals surface area contributed by atoms with Crippen LogP contribution in [-0.2, 0) is 11.3 Å². The summed E-state index contributed by atoms with van der Waals surface area (Å²) in [5.41, 5.74) is 0.891. The number of nitrogens with zero attached hydrogens (tertiary/aromatic N) is 5. The highest BCUT2D eigenvalue weighted by atomic mass is 32.2. The molecular formula is C21H29N5O4S. The molecule has 0 saturated carbocycles. The Balaban J connectivity index is 1.91. The lowest BCUT2D eigenvalue weighted by molar-refractivity contribution is 0.189. The average Bonchev–Trinajstić information content (AvgIpc) is 3.41. The molecule has 10 heteroatoms. The van der Waals surface area contributed by atoms with Crippen LogP contribution in [0, 0.1) is 0 Å². The van der Waals surface area contributed by atoms with Crippen molar-refractivity contribution in [3.63, 3.8) is 0 Å². The first-order valence-electron chi connectivity index (χ1n) is 10.1. The Labute approximate surface area is 186 Å². The summed E-state index contributed by atoms with van der Waals surface area (Å²) in [6.45, 7) is 7.44. The van der Waals surface area contributed by atoms with Crippen LogP contribution in [0.1, 0.15) is 50.1 Å². The molecule has 3 aromatic rings. The van der Waals surface area contributed by atoms with Crippen LogP contribution in [0.4, 0.5) is 0 Å². The number of aromatic nitrogens is 5. The Morgan fingerprint density at radius 1 is 1.06 bits per heavy atom. The van der Waals surface area contributed by atoms with Gasteiger partial charge >= 0.3 is 0 Å². The topological polar surface area (TPSA) is 97.3 Å². The molecule has 1 aromatic carbocycles. The maximum atomic E-state index is 5.46. The predicted molar refractivity (Wildman–Crippen MR) is 118 cm³/mol. The average molecular weight is 448 g/mol. The quantitative estimate of drug-likeness (QED) is 0.314. The number of ether oxygens (including phenoxy) is 3. The fourth-order valence-corrected chi connectivity index (χ4v) is 3.89. The van der Waals surface area contributed by atoms with E-state index in [0.29, 0.717) is 36.4 Å². The van der Waals surface area contributed by atoms with Crippen LogP contribution in [0.5, 0.6) is 11.5 Å². The van der Waals surface area contributed by atoms with Gasteiger partial charge in [-0.15, -0.1) is 10.2 Å². The number of rotatable bonds is 11. The van der Waals surface area contributed by atoms with Crippen LogP contribution >= 0.6 is 11.8 Å². The molecule has 0 aliphatic heterocycles. The smallest absolute Gasteiger partial charge is 0.239 e. The number of benzene rings is 1. The summed E-state index contributed by atoms with van der Waals surface area (Å²) in [6, 6.07) is 5.72. The lowest BCUT2D eigenvalue weighted by atomic mass is 10.2. The Morgan fingerprint density at radius 3 is 2.48 bits per heavy atom. The van der Waals surface area contributed by atoms with Crippen molar-refractivity contribution in [3.8, 4) is 22.9 Å². The Bertz CT molecular complexity index is 988. The van der Waals surface area contributed by atoms with Gasteiger partial charge in [-0.05, 0) is 31.5 Å². The van der Waals surface area contributed by atoms with Crippen LogP contribution in [0.25, 0.3) is 11.4 Å². The van der Waals surface area contributed by atoms with Crippen LogP contribution in [0.2, 0.25) is 0 Å². The number of hydrogen-bond acceptors (Lipinski definition) is 9. The van der Waals surface area contributed by atoms with Gasteiger partial charge in [0.2, 0.25) is 5.89 Å². The molecule has 0 saturated heterocycles. The van der Waals surface area contributed by atoms with Crippen molar-refractivity contribution in [2.45, 2.75) is 50.1 Å². The minimum Gasteiger partial charge on any atom is -0.493 e. The van der Waals surface area contributed by atoms with E-state index in [1.807, 2.05) is 39.0 Å². The molecule has 2 aromatic heterocycles. The first-order chi connectivity index (χ1) is 15.0. The van der Waals surface area contributed by atoms with Gasteiger partial charge in [0.15, 0.2) is 28.3 Å². The van der Waals surface area contributed by atoms with Gasteiger partial charge in [0, 0.05) is 31.7 Å². The van der Waals surface area contributed by atoms with Gasteiger partial charge in [-0.1, -0.05) is 30.8 Å². The molecule has 0 aliphatic carbocycles. The third kappa shape index (κ3) is 5.37. The van der Waals surface area contributed by atoms with Crippen LogP contribution in [0.3, 0.4) is 0 Å². The molecule has 168 valence electrons. The second kappa shape index (κ2) is 10.6. The molecule has 0 amide bonds. The molecule has 1 unspecified atom stereocenters. The third-order valence-corrected chi connectivity index (χ3v) is 5.76. The first-order valence-corrected chi connectivity index (χ1v) is 11.0. The standard InChI is InChI=1S/C21H29N5O4S/c1-13(2)18-22-20(30-25-18)14(3)31-21-24-23-19(26(21)10-7-11-27-4)15-8-9-16(28-5)17(12-15)29-6/h8-9,12-14H,7,10-11H2,1-6H3. The van der Waals surface area contributed by atoms with Gasteiger partial charge in [0.05, 0.1) is 19.5 Å². The fraction of sp³-hybridized carbons (Fsp3) is 0.524. The Hall–Kier alpha value is -2.59. The minimum atomic E-state index is -0.0661. The van der Waals surface area contributed by atoms with Gasteiger partial charge in [-0.25, -0.2) is 0 Å². The summed E-state index contributed by atoms with van der Waals surface area (Å²) < 4.78 is 23.6. The zero-order valence-electron chi connectivity index (χ0n) is 18.8. The highest BCUT2D eigenvalue weighted by Crippen LogP contribution is 2.37. The molecule has 0 fully saturated rings. The maximum Gasteiger partial charge on any atom is 0.239 e. The monoisotopic (exact) mass is 447 g/mol. The first kappa shape index (κ1) is 23.1. The summed E-state index contributed by atoms with van der Waals surface area (Å²) in [5.74, 6) is 3.55. The van der Waals surface area contributed by atoms with Crippen molar-refractivity contribution in [2.75, 3.05) is 27.9 Å². The van der Waals surface area contributed by atoms with E-state index in [9.17, 15) is 0 Å². The van der Waals surface area contributed by atoms with Crippen molar-refractivity contribution >= 4 is 11.8 Å². The minimum absolute atomic E-state index is 0.0661. The summed E-state index contributed by atoms with van der Waals surface area (Å²) in [4.78, 5) is 4.51. The van der Waals surface area contributed by atoms with Crippen molar-refractivity contribution in [2.24, 2.45) is 0 Å². The summed E-state index contributed by atoms with van der Waals surface area (Å²) in [7, 11) is 4.92. The van der Waals surface area contributed by atoms with Crippen molar-refractivity contribution in [1.29, 1.82) is 0 Å². The van der Waals surface area contributed by atoms with Gasteiger partial charge in [-0.3, -0.25) is 0 Å². The van der Waals surface area contributed by atoms with E-state index in [-0.39, 0.29) is 11.2 Å². The molecule has 1 atom stereocenters. The zero-order chi connectivity index (χ0) is 22.4. The second-order valence-electron chi connectivity index (χ2n) is 7.28. The maximum absolute atomic E-state index is 5.46. The highest BCUT2D eigenvalue weighted by Gasteiger charge is 2.22. The third-order valence-electron chi connectivity index (χ3n) is 4.69. The molecule has 3 rings (SSSR count). The molecule has 0 aliphatic rings. The van der Waals surface area contributed by atoms with Gasteiger partial charge in [0.1, 0.15) is 0 Å². The molecule has 0 spiro atoms. The molecule has 0 bridgehead atoms. The molecule has 31 heavy (non-hydrogen) atoms. The largest absolute Gasteiger partial charge is 0.493 e. The SMILES string of the molecule is COCCCn1c(SC(C)c2nc(C(C)C)no2)nnc1-c1ccc(OC)c(OC)c1. The van der Waals surface area contributed by atoms with E-state index in [1.165, 1.54) is 11.8 Å². The molecule has 2 heterocycles. The number of hydrogen-bond donors (Lipinski definition) is 0. The van der Waals surface area contributed by atoms with Gasteiger partial charge in [-0.2, -0.15) is 4.98 Å². The van der Waals surface area contributed by atoms with Gasteiger partial charge < -0.3 is 23.3 Å². The van der Waals surface area contributed by atoms with Crippen molar-refractivity contribution in [1.82, 2.24) is 24.9 Å². The van der Waals surface area contributed by atoms with Crippen molar-refractivity contribution < 1.29 is 18.7 Å². The molecular weight excluding hydrogens is 418 g/mol.